The molecule has 0 aromatic carbocycles. The molecular weight excluding hydrogens is 236 g/mol. The van der Waals surface area contributed by atoms with Crippen LogP contribution < -0.4 is 0 Å². The molecule has 0 aliphatic carbocycles. The van der Waals surface area contributed by atoms with Crippen molar-refractivity contribution in [3.8, 4) is 0 Å². The fourth-order valence-electron chi connectivity index (χ4n) is 3.30. The first-order valence-electron chi connectivity index (χ1n) is 8.46. The average molecular weight is 270 g/mol. The van der Waals surface area contributed by atoms with Crippen molar-refractivity contribution in [1.29, 1.82) is 0 Å². The number of rotatable bonds is 9. The summed E-state index contributed by atoms with van der Waals surface area (Å²) in [4.78, 5) is 0. The molecule has 1 heterocycles. The van der Waals surface area contributed by atoms with Crippen LogP contribution in [-0.4, -0.2) is 24.4 Å². The summed E-state index contributed by atoms with van der Waals surface area (Å²) >= 11 is 0. The second-order valence-electron chi connectivity index (χ2n) is 6.42. The summed E-state index contributed by atoms with van der Waals surface area (Å²) in [6.45, 7) is 8.13. The second-order valence-corrected chi connectivity index (χ2v) is 6.42. The van der Waals surface area contributed by atoms with Gasteiger partial charge in [-0.15, -0.1) is 0 Å². The van der Waals surface area contributed by atoms with Crippen LogP contribution in [0.3, 0.4) is 0 Å². The van der Waals surface area contributed by atoms with E-state index in [1.54, 1.807) is 0 Å². The first kappa shape index (κ1) is 17.0. The van der Waals surface area contributed by atoms with E-state index < -0.39 is 0 Å². The van der Waals surface area contributed by atoms with Crippen molar-refractivity contribution in [2.24, 2.45) is 17.8 Å². The van der Waals surface area contributed by atoms with Crippen LogP contribution in [0.25, 0.3) is 0 Å². The Balaban J connectivity index is 2.46. The predicted molar refractivity (Wildman–Crippen MR) is 81.3 cm³/mol. The molecule has 2 heteroatoms. The zero-order chi connectivity index (χ0) is 14.1. The molecule has 1 fully saturated rings. The predicted octanol–water partition coefficient (Wildman–Crippen LogP) is 4.41. The van der Waals surface area contributed by atoms with Gasteiger partial charge in [-0.3, -0.25) is 0 Å². The summed E-state index contributed by atoms with van der Waals surface area (Å²) in [5, 5.41) is 10.4. The van der Waals surface area contributed by atoms with E-state index >= 15 is 0 Å². The first-order valence-corrected chi connectivity index (χ1v) is 8.46. The lowest BCUT2D eigenvalue weighted by Crippen LogP contribution is -2.42. The van der Waals surface area contributed by atoms with Crippen LogP contribution in [0.4, 0.5) is 0 Å². The van der Waals surface area contributed by atoms with Crippen molar-refractivity contribution < 1.29 is 9.84 Å². The highest BCUT2D eigenvalue weighted by atomic mass is 16.5. The molecule has 4 atom stereocenters. The maximum atomic E-state index is 10.4. The van der Waals surface area contributed by atoms with Gasteiger partial charge in [-0.05, 0) is 5.92 Å². The van der Waals surface area contributed by atoms with E-state index in [-0.39, 0.29) is 6.10 Å². The summed E-state index contributed by atoms with van der Waals surface area (Å²) in [6.07, 6.45) is 10.2. The molecule has 0 amide bonds. The van der Waals surface area contributed by atoms with Crippen molar-refractivity contribution >= 4 is 0 Å². The highest BCUT2D eigenvalue weighted by Crippen LogP contribution is 2.33. The third-order valence-corrected chi connectivity index (χ3v) is 4.68. The Bertz CT molecular complexity index is 217. The molecule has 1 N–H and O–H groups in total. The van der Waals surface area contributed by atoms with Gasteiger partial charge in [0.25, 0.3) is 0 Å². The zero-order valence-corrected chi connectivity index (χ0v) is 13.2. The monoisotopic (exact) mass is 270 g/mol. The van der Waals surface area contributed by atoms with E-state index in [2.05, 4.69) is 20.8 Å². The molecular formula is C17H34O2. The first-order chi connectivity index (χ1) is 9.20. The van der Waals surface area contributed by atoms with E-state index in [0.717, 1.165) is 13.2 Å². The van der Waals surface area contributed by atoms with Gasteiger partial charge in [-0.1, -0.05) is 72.1 Å². The molecule has 114 valence electrons. The van der Waals surface area contributed by atoms with Crippen LogP contribution in [0, 0.1) is 17.8 Å². The van der Waals surface area contributed by atoms with Crippen molar-refractivity contribution in [2.75, 3.05) is 13.2 Å². The van der Waals surface area contributed by atoms with Crippen molar-refractivity contribution in [2.45, 2.75) is 78.2 Å². The fraction of sp³-hybridized carbons (Fsp3) is 1.00. The quantitative estimate of drug-likeness (QED) is 0.629. The highest BCUT2D eigenvalue weighted by Gasteiger charge is 2.34. The normalized spacial score (nSPS) is 29.4. The Morgan fingerprint density at radius 1 is 1.00 bits per heavy atom. The maximum absolute atomic E-state index is 10.4. The van der Waals surface area contributed by atoms with Gasteiger partial charge in [0.2, 0.25) is 0 Å². The van der Waals surface area contributed by atoms with E-state index in [0.29, 0.717) is 17.8 Å². The molecule has 0 radical (unpaired) electrons. The third kappa shape index (κ3) is 5.83. The van der Waals surface area contributed by atoms with E-state index in [1.165, 1.54) is 51.4 Å². The maximum Gasteiger partial charge on any atom is 0.0640 e. The number of aliphatic hydroxyl groups excluding tert-OH is 1. The molecule has 1 saturated heterocycles. The molecule has 1 aliphatic heterocycles. The summed E-state index contributed by atoms with van der Waals surface area (Å²) in [5.41, 5.74) is 0. The van der Waals surface area contributed by atoms with Gasteiger partial charge in [-0.25, -0.2) is 0 Å². The zero-order valence-electron chi connectivity index (χ0n) is 13.2. The SMILES string of the molecule is CCCCCCC(CCCC)C1COCC(C)C1O. The van der Waals surface area contributed by atoms with Crippen LogP contribution in [0.2, 0.25) is 0 Å². The summed E-state index contributed by atoms with van der Waals surface area (Å²) < 4.78 is 5.69. The lowest BCUT2D eigenvalue weighted by atomic mass is 9.77. The molecule has 0 bridgehead atoms. The van der Waals surface area contributed by atoms with Crippen LogP contribution in [0.15, 0.2) is 0 Å². The number of hydrogen-bond acceptors (Lipinski definition) is 2. The van der Waals surface area contributed by atoms with E-state index in [1.807, 2.05) is 0 Å². The average Bonchev–Trinajstić information content (AvgIpc) is 2.42. The van der Waals surface area contributed by atoms with Crippen LogP contribution >= 0.6 is 0 Å². The van der Waals surface area contributed by atoms with Crippen molar-refractivity contribution in [3.63, 3.8) is 0 Å². The standard InChI is InChI=1S/C17H34O2/c1-4-6-8-9-11-15(10-7-5-2)16-13-19-12-14(3)17(16)18/h14-18H,4-13H2,1-3H3. The van der Waals surface area contributed by atoms with E-state index in [9.17, 15) is 5.11 Å². The number of unbranched alkanes of at least 4 members (excludes halogenated alkanes) is 4. The Labute approximate surface area is 119 Å². The molecule has 1 aliphatic rings. The summed E-state index contributed by atoms with van der Waals surface area (Å²) in [6, 6.07) is 0. The Morgan fingerprint density at radius 3 is 2.37 bits per heavy atom. The van der Waals surface area contributed by atoms with Gasteiger partial charge in [0.15, 0.2) is 0 Å². The van der Waals surface area contributed by atoms with Gasteiger partial charge >= 0.3 is 0 Å². The van der Waals surface area contributed by atoms with Gasteiger partial charge in [0.1, 0.15) is 0 Å². The Morgan fingerprint density at radius 2 is 1.68 bits per heavy atom. The molecule has 4 unspecified atom stereocenters. The fourth-order valence-corrected chi connectivity index (χ4v) is 3.30. The largest absolute Gasteiger partial charge is 0.392 e. The Kier molecular flexibility index (Phi) is 8.72. The number of ether oxygens (including phenoxy) is 1. The number of aliphatic hydroxyl groups is 1. The minimum atomic E-state index is -0.151. The third-order valence-electron chi connectivity index (χ3n) is 4.68. The van der Waals surface area contributed by atoms with Gasteiger partial charge in [-0.2, -0.15) is 0 Å². The molecule has 2 nitrogen and oxygen atoms in total. The minimum absolute atomic E-state index is 0.151. The Hall–Kier alpha value is -0.0800. The second kappa shape index (κ2) is 9.77. The summed E-state index contributed by atoms with van der Waals surface area (Å²) in [5.74, 6) is 1.34. The van der Waals surface area contributed by atoms with Crippen molar-refractivity contribution in [3.05, 3.63) is 0 Å². The van der Waals surface area contributed by atoms with Crippen LogP contribution in [-0.2, 0) is 4.74 Å². The van der Waals surface area contributed by atoms with Crippen LogP contribution in [0.1, 0.15) is 72.1 Å². The molecule has 0 saturated carbocycles. The van der Waals surface area contributed by atoms with Gasteiger partial charge in [0.05, 0.1) is 19.3 Å². The molecule has 1 rings (SSSR count). The number of hydrogen-bond donors (Lipinski definition) is 1. The smallest absolute Gasteiger partial charge is 0.0640 e. The van der Waals surface area contributed by atoms with Crippen LogP contribution in [0.5, 0.6) is 0 Å². The van der Waals surface area contributed by atoms with Crippen molar-refractivity contribution in [1.82, 2.24) is 0 Å². The molecule has 19 heavy (non-hydrogen) atoms. The van der Waals surface area contributed by atoms with E-state index in [4.69, 9.17) is 4.74 Å². The van der Waals surface area contributed by atoms with Gasteiger partial charge in [0, 0.05) is 11.8 Å². The lowest BCUT2D eigenvalue weighted by molar-refractivity contribution is -0.0951. The highest BCUT2D eigenvalue weighted by molar-refractivity contribution is 4.83. The molecule has 0 spiro atoms. The minimum Gasteiger partial charge on any atom is -0.392 e. The lowest BCUT2D eigenvalue weighted by Gasteiger charge is -2.38. The summed E-state index contributed by atoms with van der Waals surface area (Å²) in [7, 11) is 0. The molecule has 0 aromatic rings. The molecule has 0 aromatic heterocycles. The topological polar surface area (TPSA) is 29.5 Å². The van der Waals surface area contributed by atoms with Gasteiger partial charge < -0.3 is 9.84 Å².